The summed E-state index contributed by atoms with van der Waals surface area (Å²) in [5.41, 5.74) is -0.235. The van der Waals surface area contributed by atoms with Gasteiger partial charge in [0.1, 0.15) is 11.2 Å². The molecule has 3 aliphatic heterocycles. The molecule has 1 spiro atoms. The molecule has 9 heteroatoms. The molecule has 4 rings (SSSR count). The molecule has 0 radical (unpaired) electrons. The summed E-state index contributed by atoms with van der Waals surface area (Å²) in [7, 11) is 0. The summed E-state index contributed by atoms with van der Waals surface area (Å²) in [4.78, 5) is 44.1. The summed E-state index contributed by atoms with van der Waals surface area (Å²) in [5.74, 6) is 0.123. The van der Waals surface area contributed by atoms with E-state index in [-0.39, 0.29) is 23.8 Å². The van der Waals surface area contributed by atoms with Crippen LogP contribution >= 0.6 is 0 Å². The first-order chi connectivity index (χ1) is 15.0. The summed E-state index contributed by atoms with van der Waals surface area (Å²) in [5, 5.41) is 7.32. The predicted molar refractivity (Wildman–Crippen MR) is 115 cm³/mol. The van der Waals surface area contributed by atoms with Crippen LogP contribution in [0.4, 0.5) is 4.79 Å². The number of aryl methyl sites for hydroxylation is 1. The lowest BCUT2D eigenvalue weighted by molar-refractivity contribution is -0.133. The Kier molecular flexibility index (Phi) is 6.31. The Hall–Kier alpha value is -2.42. The Morgan fingerprint density at radius 3 is 2.48 bits per heavy atom. The van der Waals surface area contributed by atoms with Crippen molar-refractivity contribution in [1.29, 1.82) is 0 Å². The third-order valence-electron chi connectivity index (χ3n) is 7.02. The van der Waals surface area contributed by atoms with Gasteiger partial charge in [-0.05, 0) is 57.6 Å². The van der Waals surface area contributed by atoms with Gasteiger partial charge >= 0.3 is 6.03 Å². The zero-order chi connectivity index (χ0) is 22.0. The molecule has 0 aliphatic carbocycles. The zero-order valence-corrected chi connectivity index (χ0v) is 18.7. The van der Waals surface area contributed by atoms with E-state index in [1.807, 2.05) is 18.0 Å². The number of aromatic nitrogens is 2. The van der Waals surface area contributed by atoms with Gasteiger partial charge in [0.2, 0.25) is 0 Å². The van der Waals surface area contributed by atoms with Crippen molar-refractivity contribution < 1.29 is 14.4 Å². The SMILES string of the molecule is CCCN1CCC2(CC1)NC(=O)N(CC1CCN(C(=O)c3ccn(CC)n3)CC1)C2=O. The highest BCUT2D eigenvalue weighted by Gasteiger charge is 2.52. The van der Waals surface area contributed by atoms with E-state index in [0.29, 0.717) is 38.2 Å². The maximum atomic E-state index is 13.2. The average Bonchev–Trinajstić information content (AvgIpc) is 3.35. The lowest BCUT2D eigenvalue weighted by Gasteiger charge is -2.37. The molecule has 0 aromatic carbocycles. The van der Waals surface area contributed by atoms with Gasteiger partial charge in [-0.15, -0.1) is 0 Å². The number of imide groups is 1. The van der Waals surface area contributed by atoms with Crippen molar-refractivity contribution in [2.75, 3.05) is 39.3 Å². The van der Waals surface area contributed by atoms with E-state index in [9.17, 15) is 14.4 Å². The van der Waals surface area contributed by atoms with Gasteiger partial charge in [-0.1, -0.05) is 6.92 Å². The molecule has 170 valence electrons. The van der Waals surface area contributed by atoms with Crippen LogP contribution in [0.5, 0.6) is 0 Å². The standard InChI is InChI=1S/C22H34N6O3/c1-3-10-25-14-8-22(9-15-25)20(30)28(21(31)23-22)16-17-5-11-26(12-6-17)19(29)18-7-13-27(4-2)24-18/h7,13,17H,3-6,8-12,14-16H2,1-2H3,(H,23,31). The van der Waals surface area contributed by atoms with E-state index in [1.165, 1.54) is 4.90 Å². The number of nitrogens with one attached hydrogen (secondary N) is 1. The van der Waals surface area contributed by atoms with Gasteiger partial charge < -0.3 is 15.1 Å². The number of carbonyl (C=O) groups is 3. The molecule has 31 heavy (non-hydrogen) atoms. The van der Waals surface area contributed by atoms with Crippen LogP contribution in [0, 0.1) is 5.92 Å². The molecule has 3 fully saturated rings. The molecule has 0 saturated carbocycles. The molecule has 1 aromatic heterocycles. The highest BCUT2D eigenvalue weighted by molar-refractivity contribution is 6.07. The topological polar surface area (TPSA) is 90.8 Å². The number of likely N-dealkylation sites (tertiary alicyclic amines) is 2. The van der Waals surface area contributed by atoms with Crippen LogP contribution in [0.15, 0.2) is 12.3 Å². The second-order valence-electron chi connectivity index (χ2n) is 9.06. The van der Waals surface area contributed by atoms with Crippen molar-refractivity contribution in [3.63, 3.8) is 0 Å². The third kappa shape index (κ3) is 4.33. The smallest absolute Gasteiger partial charge is 0.325 e. The minimum absolute atomic E-state index is 0.0431. The Morgan fingerprint density at radius 1 is 1.16 bits per heavy atom. The van der Waals surface area contributed by atoms with Gasteiger partial charge in [0, 0.05) is 45.5 Å². The van der Waals surface area contributed by atoms with Gasteiger partial charge in [0.25, 0.3) is 11.8 Å². The van der Waals surface area contributed by atoms with E-state index in [4.69, 9.17) is 0 Å². The number of hydrogen-bond acceptors (Lipinski definition) is 5. The van der Waals surface area contributed by atoms with Crippen molar-refractivity contribution in [3.05, 3.63) is 18.0 Å². The van der Waals surface area contributed by atoms with Crippen molar-refractivity contribution in [2.24, 2.45) is 5.92 Å². The van der Waals surface area contributed by atoms with Crippen LogP contribution in [0.25, 0.3) is 0 Å². The number of rotatable bonds is 6. The summed E-state index contributed by atoms with van der Waals surface area (Å²) in [6.45, 7) is 9.32. The number of carbonyl (C=O) groups excluding carboxylic acids is 3. The highest BCUT2D eigenvalue weighted by atomic mass is 16.2. The van der Waals surface area contributed by atoms with Crippen molar-refractivity contribution in [2.45, 2.75) is 58.0 Å². The first-order valence-corrected chi connectivity index (χ1v) is 11.6. The van der Waals surface area contributed by atoms with E-state index in [0.717, 1.165) is 45.4 Å². The molecule has 1 aromatic rings. The van der Waals surface area contributed by atoms with Crippen LogP contribution < -0.4 is 5.32 Å². The molecule has 1 N–H and O–H groups in total. The fourth-order valence-corrected chi connectivity index (χ4v) is 5.05. The van der Waals surface area contributed by atoms with Gasteiger partial charge in [-0.25, -0.2) is 4.79 Å². The largest absolute Gasteiger partial charge is 0.337 e. The molecule has 4 heterocycles. The number of amides is 4. The maximum Gasteiger partial charge on any atom is 0.325 e. The quantitative estimate of drug-likeness (QED) is 0.692. The minimum Gasteiger partial charge on any atom is -0.337 e. The molecule has 0 atom stereocenters. The predicted octanol–water partition coefficient (Wildman–Crippen LogP) is 1.55. The van der Waals surface area contributed by atoms with Crippen LogP contribution in [0.3, 0.4) is 0 Å². The van der Waals surface area contributed by atoms with Crippen molar-refractivity contribution in [1.82, 2.24) is 29.8 Å². The summed E-state index contributed by atoms with van der Waals surface area (Å²) in [6.07, 6.45) is 5.86. The summed E-state index contributed by atoms with van der Waals surface area (Å²) >= 11 is 0. The van der Waals surface area contributed by atoms with Crippen LogP contribution in [0.2, 0.25) is 0 Å². The van der Waals surface area contributed by atoms with E-state index >= 15 is 0 Å². The second-order valence-corrected chi connectivity index (χ2v) is 9.06. The van der Waals surface area contributed by atoms with Gasteiger partial charge in [-0.2, -0.15) is 5.10 Å². The molecular formula is C22H34N6O3. The lowest BCUT2D eigenvalue weighted by atomic mass is 9.87. The molecule has 4 amide bonds. The van der Waals surface area contributed by atoms with Crippen LogP contribution in [-0.2, 0) is 11.3 Å². The van der Waals surface area contributed by atoms with E-state index in [2.05, 4.69) is 22.2 Å². The molecule has 3 saturated heterocycles. The first-order valence-electron chi connectivity index (χ1n) is 11.6. The maximum absolute atomic E-state index is 13.2. The lowest BCUT2D eigenvalue weighted by Crippen LogP contribution is -2.55. The Bertz CT molecular complexity index is 821. The highest BCUT2D eigenvalue weighted by Crippen LogP contribution is 2.31. The van der Waals surface area contributed by atoms with Crippen LogP contribution in [0.1, 0.15) is 56.4 Å². The Morgan fingerprint density at radius 2 is 1.87 bits per heavy atom. The number of urea groups is 1. The Labute approximate surface area is 183 Å². The number of piperidine rings is 2. The van der Waals surface area contributed by atoms with Crippen LogP contribution in [-0.4, -0.2) is 87.1 Å². The number of hydrogen-bond donors (Lipinski definition) is 1. The van der Waals surface area contributed by atoms with Gasteiger partial charge in [-0.3, -0.25) is 19.2 Å². The van der Waals surface area contributed by atoms with Crippen molar-refractivity contribution in [3.8, 4) is 0 Å². The van der Waals surface area contributed by atoms with Gasteiger partial charge in [0.05, 0.1) is 0 Å². The zero-order valence-electron chi connectivity index (χ0n) is 18.7. The molecule has 3 aliphatic rings. The molecule has 9 nitrogen and oxygen atoms in total. The monoisotopic (exact) mass is 430 g/mol. The van der Waals surface area contributed by atoms with E-state index in [1.54, 1.807) is 10.7 Å². The molecule has 0 bridgehead atoms. The molecule has 0 unspecified atom stereocenters. The van der Waals surface area contributed by atoms with E-state index < -0.39 is 5.54 Å². The summed E-state index contributed by atoms with van der Waals surface area (Å²) < 4.78 is 1.75. The fraction of sp³-hybridized carbons (Fsp3) is 0.727. The van der Waals surface area contributed by atoms with Crippen molar-refractivity contribution >= 4 is 17.8 Å². The summed E-state index contributed by atoms with van der Waals surface area (Å²) in [6, 6.07) is 1.51. The van der Waals surface area contributed by atoms with Gasteiger partial charge in [0.15, 0.2) is 0 Å². The fourth-order valence-electron chi connectivity index (χ4n) is 5.05. The first kappa shape index (κ1) is 21.8. The third-order valence-corrected chi connectivity index (χ3v) is 7.02. The second kappa shape index (κ2) is 8.98. The minimum atomic E-state index is -0.712. The Balaban J connectivity index is 1.30. The normalized spacial score (nSPS) is 22.4. The molecular weight excluding hydrogens is 396 g/mol. The average molecular weight is 431 g/mol. The number of nitrogens with zero attached hydrogens (tertiary/aromatic N) is 5.